The maximum absolute atomic E-state index is 11.3. The minimum absolute atomic E-state index is 0.0196. The van der Waals surface area contributed by atoms with Gasteiger partial charge < -0.3 is 0 Å². The van der Waals surface area contributed by atoms with Crippen LogP contribution in [0.4, 0.5) is 11.5 Å². The van der Waals surface area contributed by atoms with Crippen LogP contribution in [0.25, 0.3) is 0 Å². The fourth-order valence-electron chi connectivity index (χ4n) is 2.19. The maximum atomic E-state index is 11.3. The summed E-state index contributed by atoms with van der Waals surface area (Å²) in [5.41, 5.74) is 5.50. The molecule has 0 radical (unpaired) electrons. The number of aromatic nitrogens is 3. The summed E-state index contributed by atoms with van der Waals surface area (Å²) in [6.45, 7) is 9.41. The lowest BCUT2D eigenvalue weighted by Gasteiger charge is -2.15. The summed E-state index contributed by atoms with van der Waals surface area (Å²) in [6, 6.07) is 3.94. The summed E-state index contributed by atoms with van der Waals surface area (Å²) < 4.78 is 3.47. The van der Waals surface area contributed by atoms with Gasteiger partial charge in [-0.2, -0.15) is 5.10 Å². The quantitative estimate of drug-likeness (QED) is 0.688. The Morgan fingerprint density at radius 3 is 2.25 bits per heavy atom. The highest BCUT2D eigenvalue weighted by atomic mass is 16.6. The lowest BCUT2D eigenvalue weighted by atomic mass is 10.3. The van der Waals surface area contributed by atoms with Gasteiger partial charge in [-0.05, 0) is 46.8 Å². The predicted octanol–water partition coefficient (Wildman–Crippen LogP) is 2.97. The largest absolute Gasteiger partial charge is 0.335 e. The Hall–Kier alpha value is -2.31. The monoisotopic (exact) mass is 277 g/mol. The summed E-state index contributed by atoms with van der Waals surface area (Å²) in [5, 5.41) is 15.6. The Labute approximate surface area is 117 Å². The van der Waals surface area contributed by atoms with Gasteiger partial charge in [0.2, 0.25) is 5.82 Å². The van der Waals surface area contributed by atoms with Crippen molar-refractivity contribution in [1.82, 2.24) is 14.5 Å². The highest BCUT2D eigenvalue weighted by molar-refractivity contribution is 5.60. The number of hydrogen-bond acceptors (Lipinski definition) is 4. The fraction of sp³-hybridized carbons (Fsp3) is 0.462. The van der Waals surface area contributed by atoms with Gasteiger partial charge in [0.1, 0.15) is 5.69 Å². The molecule has 2 aromatic rings. The Balaban J connectivity index is 2.57. The molecular weight excluding hydrogens is 258 g/mol. The molecule has 0 aliphatic carbocycles. The van der Waals surface area contributed by atoms with Gasteiger partial charge in [-0.3, -0.25) is 20.2 Å². The number of nitro groups is 1. The first-order chi connectivity index (χ1) is 9.32. The summed E-state index contributed by atoms with van der Waals surface area (Å²) in [7, 11) is 0. The minimum Gasteiger partial charge on any atom is -0.272 e. The third-order valence-electron chi connectivity index (χ3n) is 3.21. The third-order valence-corrected chi connectivity index (χ3v) is 3.21. The number of nitrogens with one attached hydrogen (secondary N) is 1. The van der Waals surface area contributed by atoms with E-state index in [1.807, 2.05) is 44.5 Å². The van der Waals surface area contributed by atoms with Crippen molar-refractivity contribution in [2.75, 3.05) is 5.43 Å². The lowest BCUT2D eigenvalue weighted by molar-refractivity contribution is -0.384. The van der Waals surface area contributed by atoms with Crippen LogP contribution < -0.4 is 5.43 Å². The number of aryl methyl sites for hydroxylation is 3. The van der Waals surface area contributed by atoms with Crippen LogP contribution in [-0.2, 0) is 0 Å². The van der Waals surface area contributed by atoms with Crippen molar-refractivity contribution in [2.45, 2.75) is 40.7 Å². The van der Waals surface area contributed by atoms with Gasteiger partial charge in [0, 0.05) is 17.4 Å². The van der Waals surface area contributed by atoms with Gasteiger partial charge in [-0.15, -0.1) is 0 Å². The molecule has 2 aromatic heterocycles. The van der Waals surface area contributed by atoms with Gasteiger partial charge in [0.25, 0.3) is 0 Å². The highest BCUT2D eigenvalue weighted by Gasteiger charge is 2.27. The minimum atomic E-state index is -0.391. The molecule has 7 nitrogen and oxygen atoms in total. The van der Waals surface area contributed by atoms with E-state index in [1.54, 1.807) is 11.6 Å². The summed E-state index contributed by atoms with van der Waals surface area (Å²) in [4.78, 5) is 10.9. The van der Waals surface area contributed by atoms with Crippen molar-refractivity contribution in [3.8, 4) is 0 Å². The number of anilines is 1. The molecule has 2 heterocycles. The molecule has 108 valence electrons. The summed E-state index contributed by atoms with van der Waals surface area (Å²) in [6.07, 6.45) is 0. The van der Waals surface area contributed by atoms with Gasteiger partial charge >= 0.3 is 5.69 Å². The number of rotatable bonds is 4. The van der Waals surface area contributed by atoms with Crippen molar-refractivity contribution in [2.24, 2.45) is 0 Å². The second kappa shape index (κ2) is 4.99. The second-order valence-corrected chi connectivity index (χ2v) is 5.14. The molecule has 0 atom stereocenters. The average Bonchev–Trinajstić information content (AvgIpc) is 2.84. The second-order valence-electron chi connectivity index (χ2n) is 5.14. The molecule has 0 spiro atoms. The van der Waals surface area contributed by atoms with Crippen molar-refractivity contribution in [3.05, 3.63) is 39.3 Å². The molecule has 0 aliphatic heterocycles. The first-order valence-electron chi connectivity index (χ1n) is 6.48. The molecule has 0 saturated heterocycles. The first-order valence-corrected chi connectivity index (χ1v) is 6.48. The average molecular weight is 277 g/mol. The van der Waals surface area contributed by atoms with Crippen molar-refractivity contribution < 1.29 is 4.92 Å². The first kappa shape index (κ1) is 14.1. The van der Waals surface area contributed by atoms with E-state index in [0.29, 0.717) is 11.5 Å². The molecule has 0 aliphatic rings. The molecule has 0 bridgehead atoms. The molecule has 0 saturated carbocycles. The highest BCUT2D eigenvalue weighted by Crippen LogP contribution is 2.31. The van der Waals surface area contributed by atoms with Crippen LogP contribution in [0.3, 0.4) is 0 Å². The van der Waals surface area contributed by atoms with Crippen molar-refractivity contribution in [3.63, 3.8) is 0 Å². The molecule has 1 N–H and O–H groups in total. The smallest absolute Gasteiger partial charge is 0.272 e. The topological polar surface area (TPSA) is 77.9 Å². The van der Waals surface area contributed by atoms with Crippen LogP contribution in [0.1, 0.15) is 37.0 Å². The van der Waals surface area contributed by atoms with Crippen molar-refractivity contribution >= 4 is 11.5 Å². The zero-order chi connectivity index (χ0) is 15.0. The van der Waals surface area contributed by atoms with Gasteiger partial charge in [0.15, 0.2) is 0 Å². The predicted molar refractivity (Wildman–Crippen MR) is 76.9 cm³/mol. The van der Waals surface area contributed by atoms with E-state index in [0.717, 1.165) is 11.4 Å². The fourth-order valence-corrected chi connectivity index (χ4v) is 2.19. The van der Waals surface area contributed by atoms with Crippen LogP contribution in [0.15, 0.2) is 12.1 Å². The van der Waals surface area contributed by atoms with E-state index in [2.05, 4.69) is 10.5 Å². The van der Waals surface area contributed by atoms with Crippen molar-refractivity contribution in [1.29, 1.82) is 0 Å². The van der Waals surface area contributed by atoms with E-state index >= 15 is 0 Å². The van der Waals surface area contributed by atoms with Crippen LogP contribution in [-0.4, -0.2) is 19.4 Å². The molecule has 7 heteroatoms. The van der Waals surface area contributed by atoms with E-state index in [-0.39, 0.29) is 11.7 Å². The van der Waals surface area contributed by atoms with Crippen LogP contribution in [0.2, 0.25) is 0 Å². The van der Waals surface area contributed by atoms with E-state index in [4.69, 9.17) is 0 Å². The van der Waals surface area contributed by atoms with Gasteiger partial charge in [0.05, 0.1) is 4.92 Å². The Bertz CT molecular complexity index is 635. The van der Waals surface area contributed by atoms with Gasteiger partial charge in [-0.1, -0.05) is 0 Å². The summed E-state index contributed by atoms with van der Waals surface area (Å²) >= 11 is 0. The molecule has 0 fully saturated rings. The number of nitrogens with zero attached hydrogens (tertiary/aromatic N) is 4. The molecule has 0 aromatic carbocycles. The van der Waals surface area contributed by atoms with E-state index in [1.165, 1.54) is 0 Å². The van der Waals surface area contributed by atoms with Gasteiger partial charge in [-0.25, -0.2) is 4.68 Å². The molecule has 2 rings (SSSR count). The molecule has 20 heavy (non-hydrogen) atoms. The standard InChI is InChI=1S/C13H19N5O2/c1-8(2)16-13(12(18(19)20)11(5)14-16)15-17-9(3)6-7-10(17)4/h6-8,15H,1-5H3. The van der Waals surface area contributed by atoms with Crippen LogP contribution in [0.5, 0.6) is 0 Å². The Kier molecular flexibility index (Phi) is 3.52. The third kappa shape index (κ3) is 2.26. The summed E-state index contributed by atoms with van der Waals surface area (Å²) in [5.74, 6) is 0.407. The van der Waals surface area contributed by atoms with E-state index < -0.39 is 4.92 Å². The Morgan fingerprint density at radius 2 is 1.80 bits per heavy atom. The SMILES string of the molecule is Cc1nn(C(C)C)c(Nn2c(C)ccc2C)c1[N+](=O)[O-]. The zero-order valence-electron chi connectivity index (χ0n) is 12.3. The Morgan fingerprint density at radius 1 is 1.25 bits per heavy atom. The lowest BCUT2D eigenvalue weighted by Crippen LogP contribution is -2.17. The zero-order valence-corrected chi connectivity index (χ0v) is 12.3. The molecule has 0 amide bonds. The van der Waals surface area contributed by atoms with Crippen LogP contribution >= 0.6 is 0 Å². The molecule has 0 unspecified atom stereocenters. The normalized spacial score (nSPS) is 11.1. The molecular formula is C13H19N5O2. The van der Waals surface area contributed by atoms with E-state index in [9.17, 15) is 10.1 Å². The number of hydrogen-bond donors (Lipinski definition) is 1. The van der Waals surface area contributed by atoms with Crippen LogP contribution in [0, 0.1) is 30.9 Å². The maximum Gasteiger partial charge on any atom is 0.335 e.